The lowest BCUT2D eigenvalue weighted by Gasteiger charge is -2.38. The molecule has 2 fully saturated rings. The van der Waals surface area contributed by atoms with Gasteiger partial charge in [0.25, 0.3) is 5.91 Å². The third-order valence-corrected chi connectivity index (χ3v) is 4.77. The van der Waals surface area contributed by atoms with E-state index in [1.165, 1.54) is 6.33 Å². The van der Waals surface area contributed by atoms with Crippen LogP contribution < -0.4 is 0 Å². The van der Waals surface area contributed by atoms with Crippen molar-refractivity contribution in [1.82, 2.24) is 24.6 Å². The average Bonchev–Trinajstić information content (AvgIpc) is 3.23. The van der Waals surface area contributed by atoms with Crippen LogP contribution in [0.5, 0.6) is 0 Å². The number of nitrogens with zero attached hydrogens (tertiary/aromatic N) is 5. The molecule has 2 amide bonds. The van der Waals surface area contributed by atoms with Gasteiger partial charge in [-0.2, -0.15) is 5.10 Å². The van der Waals surface area contributed by atoms with Gasteiger partial charge in [-0.15, -0.1) is 0 Å². The zero-order valence-corrected chi connectivity index (χ0v) is 14.0. The first kappa shape index (κ1) is 15.6. The lowest BCUT2D eigenvalue weighted by atomic mass is 9.92. The molecule has 4 rings (SSSR count). The van der Waals surface area contributed by atoms with Crippen molar-refractivity contribution in [1.29, 1.82) is 0 Å². The summed E-state index contributed by atoms with van der Waals surface area (Å²) in [5.74, 6) is -0.0872. The van der Waals surface area contributed by atoms with Crippen LogP contribution in [-0.2, 0) is 4.74 Å². The molecule has 0 radical (unpaired) electrons. The molecule has 0 N–H and O–H groups in total. The lowest BCUT2D eigenvalue weighted by molar-refractivity contribution is -0.00521. The molecule has 130 valence electrons. The van der Waals surface area contributed by atoms with Gasteiger partial charge >= 0.3 is 6.09 Å². The Kier molecular flexibility index (Phi) is 3.67. The first-order chi connectivity index (χ1) is 12.1. The van der Waals surface area contributed by atoms with Crippen molar-refractivity contribution in [2.45, 2.75) is 18.4 Å². The third-order valence-electron chi connectivity index (χ3n) is 4.77. The summed E-state index contributed by atoms with van der Waals surface area (Å²) in [6.45, 7) is 1.57. The van der Waals surface area contributed by atoms with Gasteiger partial charge in [0.05, 0.1) is 24.3 Å². The summed E-state index contributed by atoms with van der Waals surface area (Å²) >= 11 is 0. The molecular weight excluding hydrogens is 322 g/mol. The fourth-order valence-corrected chi connectivity index (χ4v) is 3.63. The Morgan fingerprint density at radius 1 is 1.28 bits per heavy atom. The minimum atomic E-state index is -0.595. The number of para-hydroxylation sites is 1. The van der Waals surface area contributed by atoms with E-state index >= 15 is 0 Å². The lowest BCUT2D eigenvalue weighted by Crippen LogP contribution is -2.52. The van der Waals surface area contributed by atoms with E-state index in [-0.39, 0.29) is 12.0 Å². The Hall–Kier alpha value is -2.90. The SMILES string of the molecule is CN1C[C@]2(CCCN(C(=O)c3ccccc3-n3cncn3)C2)OC1=O. The Morgan fingerprint density at radius 3 is 2.84 bits per heavy atom. The van der Waals surface area contributed by atoms with Gasteiger partial charge in [-0.25, -0.2) is 14.5 Å². The standard InChI is InChI=1S/C17H19N5O3/c1-20-9-17(25-16(20)24)7-4-8-21(10-17)15(23)13-5-2-3-6-14(13)22-12-18-11-19-22/h2-3,5-6,11-12H,4,7-10H2,1H3/t17-/m0/s1. The molecule has 3 heterocycles. The number of ether oxygens (including phenoxy) is 1. The maximum Gasteiger partial charge on any atom is 0.410 e. The minimum absolute atomic E-state index is 0.0872. The Morgan fingerprint density at radius 2 is 2.12 bits per heavy atom. The monoisotopic (exact) mass is 341 g/mol. The van der Waals surface area contributed by atoms with Gasteiger partial charge < -0.3 is 14.5 Å². The summed E-state index contributed by atoms with van der Waals surface area (Å²) in [4.78, 5) is 32.2. The fraction of sp³-hybridized carbons (Fsp3) is 0.412. The molecule has 2 aromatic rings. The van der Waals surface area contributed by atoms with Crippen LogP contribution in [0.25, 0.3) is 5.69 Å². The second kappa shape index (κ2) is 5.87. The quantitative estimate of drug-likeness (QED) is 0.823. The summed E-state index contributed by atoms with van der Waals surface area (Å²) < 4.78 is 7.17. The molecule has 2 aliphatic rings. The van der Waals surface area contributed by atoms with E-state index in [9.17, 15) is 9.59 Å². The van der Waals surface area contributed by atoms with Crippen molar-refractivity contribution in [3.05, 3.63) is 42.5 Å². The van der Waals surface area contributed by atoms with Crippen LogP contribution >= 0.6 is 0 Å². The summed E-state index contributed by atoms with van der Waals surface area (Å²) in [6, 6.07) is 7.31. The van der Waals surface area contributed by atoms with Gasteiger partial charge in [-0.05, 0) is 25.0 Å². The smallest absolute Gasteiger partial charge is 0.410 e. The topological polar surface area (TPSA) is 80.6 Å². The highest BCUT2D eigenvalue weighted by atomic mass is 16.6. The highest BCUT2D eigenvalue weighted by molar-refractivity contribution is 5.98. The molecule has 0 aliphatic carbocycles. The molecule has 2 saturated heterocycles. The largest absolute Gasteiger partial charge is 0.439 e. The maximum atomic E-state index is 13.1. The zero-order valence-electron chi connectivity index (χ0n) is 14.0. The number of carbonyl (C=O) groups excluding carboxylic acids is 2. The Bertz CT molecular complexity index is 806. The Labute approximate surface area is 145 Å². The van der Waals surface area contributed by atoms with E-state index in [4.69, 9.17) is 4.74 Å². The van der Waals surface area contributed by atoms with Crippen LogP contribution in [0, 0.1) is 0 Å². The van der Waals surface area contributed by atoms with Crippen molar-refractivity contribution in [3.8, 4) is 5.69 Å². The van der Waals surface area contributed by atoms with Crippen LogP contribution in [0.3, 0.4) is 0 Å². The number of amides is 2. The molecule has 0 bridgehead atoms. The number of likely N-dealkylation sites (tertiary alicyclic amines) is 1. The first-order valence-electron chi connectivity index (χ1n) is 8.25. The van der Waals surface area contributed by atoms with Gasteiger partial charge in [0.15, 0.2) is 0 Å². The van der Waals surface area contributed by atoms with Crippen LogP contribution in [-0.4, -0.2) is 68.8 Å². The fourth-order valence-electron chi connectivity index (χ4n) is 3.63. The summed E-state index contributed by atoms with van der Waals surface area (Å²) in [5.41, 5.74) is 0.648. The number of hydrogen-bond donors (Lipinski definition) is 0. The normalized spacial score (nSPS) is 23.2. The average molecular weight is 341 g/mol. The number of piperidine rings is 1. The second-order valence-corrected chi connectivity index (χ2v) is 6.59. The number of aromatic nitrogens is 3. The molecule has 1 atom stereocenters. The van der Waals surface area contributed by atoms with Gasteiger partial charge in [-0.1, -0.05) is 12.1 Å². The van der Waals surface area contributed by atoms with Crippen molar-refractivity contribution in [3.63, 3.8) is 0 Å². The molecule has 1 spiro atoms. The third kappa shape index (κ3) is 2.73. The molecular formula is C17H19N5O3. The first-order valence-corrected chi connectivity index (χ1v) is 8.25. The number of hydrogen-bond acceptors (Lipinski definition) is 5. The van der Waals surface area contributed by atoms with Crippen molar-refractivity contribution in [2.24, 2.45) is 0 Å². The van der Waals surface area contributed by atoms with Crippen molar-refractivity contribution >= 4 is 12.0 Å². The molecule has 0 unspecified atom stereocenters. The maximum absolute atomic E-state index is 13.1. The molecule has 1 aromatic carbocycles. The minimum Gasteiger partial charge on any atom is -0.439 e. The number of likely N-dealkylation sites (N-methyl/N-ethyl adjacent to an activating group) is 1. The van der Waals surface area contributed by atoms with Gasteiger partial charge in [-0.3, -0.25) is 4.79 Å². The number of rotatable bonds is 2. The van der Waals surface area contributed by atoms with Gasteiger partial charge in [0, 0.05) is 13.6 Å². The number of carbonyl (C=O) groups is 2. The van der Waals surface area contributed by atoms with Crippen LogP contribution in [0.1, 0.15) is 23.2 Å². The molecule has 8 nitrogen and oxygen atoms in total. The summed E-state index contributed by atoms with van der Waals surface area (Å²) in [5, 5.41) is 4.12. The predicted molar refractivity (Wildman–Crippen MR) is 88.3 cm³/mol. The molecule has 1 aromatic heterocycles. The van der Waals surface area contributed by atoms with E-state index in [0.717, 1.165) is 12.8 Å². The predicted octanol–water partition coefficient (Wildman–Crippen LogP) is 1.32. The van der Waals surface area contributed by atoms with E-state index in [2.05, 4.69) is 10.1 Å². The van der Waals surface area contributed by atoms with E-state index in [0.29, 0.717) is 30.9 Å². The number of benzene rings is 1. The molecule has 8 heteroatoms. The van der Waals surface area contributed by atoms with Crippen LogP contribution in [0.4, 0.5) is 4.79 Å². The highest BCUT2D eigenvalue weighted by Crippen LogP contribution is 2.32. The summed E-state index contributed by atoms with van der Waals surface area (Å²) in [6.07, 6.45) is 4.26. The highest BCUT2D eigenvalue weighted by Gasteiger charge is 2.47. The summed E-state index contributed by atoms with van der Waals surface area (Å²) in [7, 11) is 1.72. The molecule has 25 heavy (non-hydrogen) atoms. The van der Waals surface area contributed by atoms with E-state index in [1.54, 1.807) is 33.9 Å². The van der Waals surface area contributed by atoms with Gasteiger partial charge in [0.2, 0.25) is 0 Å². The van der Waals surface area contributed by atoms with Crippen molar-refractivity contribution < 1.29 is 14.3 Å². The van der Waals surface area contributed by atoms with Crippen LogP contribution in [0.15, 0.2) is 36.9 Å². The second-order valence-electron chi connectivity index (χ2n) is 6.59. The molecule has 2 aliphatic heterocycles. The molecule has 0 saturated carbocycles. The Balaban J connectivity index is 1.61. The zero-order chi connectivity index (χ0) is 17.4. The van der Waals surface area contributed by atoms with Crippen molar-refractivity contribution in [2.75, 3.05) is 26.7 Å². The van der Waals surface area contributed by atoms with Crippen LogP contribution in [0.2, 0.25) is 0 Å². The van der Waals surface area contributed by atoms with E-state index in [1.807, 2.05) is 18.2 Å². The van der Waals surface area contributed by atoms with Gasteiger partial charge in [0.1, 0.15) is 18.3 Å². The van der Waals surface area contributed by atoms with E-state index < -0.39 is 5.60 Å².